The first-order valence-corrected chi connectivity index (χ1v) is 4.38. The Balaban J connectivity index is 2.73. The molecule has 0 aliphatic rings. The molecule has 74 valence electrons. The molecule has 0 saturated carbocycles. The van der Waals surface area contributed by atoms with Crippen LogP contribution in [0.2, 0.25) is 0 Å². The fourth-order valence-corrected chi connectivity index (χ4v) is 1.03. The highest BCUT2D eigenvalue weighted by Crippen LogP contribution is 2.11. The van der Waals surface area contributed by atoms with Gasteiger partial charge in [0.25, 0.3) is 0 Å². The van der Waals surface area contributed by atoms with E-state index in [4.69, 9.17) is 16.7 Å². The van der Waals surface area contributed by atoms with Crippen LogP contribution in [0.3, 0.4) is 0 Å². The lowest BCUT2D eigenvalue weighted by atomic mass is 10.2. The van der Waals surface area contributed by atoms with E-state index in [9.17, 15) is 4.79 Å². The molecule has 0 bridgehead atoms. The van der Waals surface area contributed by atoms with Gasteiger partial charge in [0.05, 0.1) is 12.1 Å². The lowest BCUT2D eigenvalue weighted by Crippen LogP contribution is -2.02. The van der Waals surface area contributed by atoms with E-state index >= 15 is 0 Å². The van der Waals surface area contributed by atoms with Crippen molar-refractivity contribution in [2.45, 2.75) is 0 Å². The molecule has 0 radical (unpaired) electrons. The van der Waals surface area contributed by atoms with Crippen LogP contribution in [0.1, 0.15) is 10.4 Å². The maximum Gasteiger partial charge on any atom is 0.335 e. The number of benzene rings is 1. The van der Waals surface area contributed by atoms with E-state index in [-0.39, 0.29) is 5.56 Å². The summed E-state index contributed by atoms with van der Waals surface area (Å²) in [4.78, 5) is 10.6. The Morgan fingerprint density at radius 2 is 2.29 bits per heavy atom. The van der Waals surface area contributed by atoms with E-state index in [1.54, 1.807) is 18.2 Å². The van der Waals surface area contributed by atoms with E-state index in [1.807, 2.05) is 0 Å². The fourth-order valence-electron chi connectivity index (χ4n) is 0.960. The summed E-state index contributed by atoms with van der Waals surface area (Å²) in [5.41, 5.74) is 0.960. The highest BCUT2D eigenvalue weighted by Gasteiger charge is 2.02. The lowest BCUT2D eigenvalue weighted by molar-refractivity contribution is 0.0697. The number of carbonyl (C=O) groups is 1. The second kappa shape index (κ2) is 4.67. The molecule has 0 heterocycles. The second-order valence-electron chi connectivity index (χ2n) is 2.76. The van der Waals surface area contributed by atoms with Gasteiger partial charge in [-0.05, 0) is 18.2 Å². The predicted molar refractivity (Wildman–Crippen MR) is 56.9 cm³/mol. The largest absolute Gasteiger partial charge is 0.478 e. The molecule has 3 nitrogen and oxygen atoms in total. The van der Waals surface area contributed by atoms with Gasteiger partial charge < -0.3 is 10.4 Å². The molecule has 0 spiro atoms. The second-order valence-corrected chi connectivity index (χ2v) is 3.29. The number of nitrogens with one attached hydrogen (secondary N) is 1. The molecule has 2 N–H and O–H groups in total. The Kier molecular flexibility index (Phi) is 3.54. The monoisotopic (exact) mass is 211 g/mol. The SMILES string of the molecule is C=C(Cl)CNc1cccc(C(=O)O)c1. The molecule has 14 heavy (non-hydrogen) atoms. The summed E-state index contributed by atoms with van der Waals surface area (Å²) in [6.07, 6.45) is 0. The van der Waals surface area contributed by atoms with Crippen molar-refractivity contribution >= 4 is 23.3 Å². The summed E-state index contributed by atoms with van der Waals surface area (Å²) >= 11 is 5.56. The molecule has 0 amide bonds. The summed E-state index contributed by atoms with van der Waals surface area (Å²) in [7, 11) is 0. The smallest absolute Gasteiger partial charge is 0.335 e. The van der Waals surface area contributed by atoms with Crippen molar-refractivity contribution in [1.82, 2.24) is 0 Å². The zero-order chi connectivity index (χ0) is 10.6. The quantitative estimate of drug-likeness (QED) is 0.805. The van der Waals surface area contributed by atoms with Gasteiger partial charge in [0.2, 0.25) is 0 Å². The number of carboxylic acid groups (broad SMARTS) is 1. The molecule has 0 aliphatic carbocycles. The van der Waals surface area contributed by atoms with Crippen LogP contribution < -0.4 is 5.32 Å². The van der Waals surface area contributed by atoms with Crippen molar-refractivity contribution in [3.05, 3.63) is 41.4 Å². The van der Waals surface area contributed by atoms with Gasteiger partial charge in [0, 0.05) is 10.7 Å². The van der Waals surface area contributed by atoms with Crippen molar-refractivity contribution in [2.24, 2.45) is 0 Å². The Hall–Kier alpha value is -1.48. The first-order valence-electron chi connectivity index (χ1n) is 4.00. The number of carboxylic acids is 1. The van der Waals surface area contributed by atoms with Crippen molar-refractivity contribution in [3.63, 3.8) is 0 Å². The van der Waals surface area contributed by atoms with Crippen LogP contribution in [0.5, 0.6) is 0 Å². The van der Waals surface area contributed by atoms with Gasteiger partial charge in [-0.2, -0.15) is 0 Å². The van der Waals surface area contributed by atoms with Crippen LogP contribution in [-0.4, -0.2) is 17.6 Å². The van der Waals surface area contributed by atoms with Crippen molar-refractivity contribution < 1.29 is 9.90 Å². The molecule has 4 heteroatoms. The maximum atomic E-state index is 10.6. The molecule has 1 aromatic rings. The van der Waals surface area contributed by atoms with Crippen LogP contribution in [0.25, 0.3) is 0 Å². The molecule has 0 unspecified atom stereocenters. The van der Waals surface area contributed by atoms with E-state index in [1.165, 1.54) is 6.07 Å². The van der Waals surface area contributed by atoms with Crippen LogP contribution in [-0.2, 0) is 0 Å². The lowest BCUT2D eigenvalue weighted by Gasteiger charge is -2.05. The Morgan fingerprint density at radius 1 is 1.57 bits per heavy atom. The van der Waals surface area contributed by atoms with Crippen molar-refractivity contribution in [1.29, 1.82) is 0 Å². The molecule has 0 saturated heterocycles. The normalized spacial score (nSPS) is 9.50. The first-order chi connectivity index (χ1) is 6.59. The third kappa shape index (κ3) is 3.11. The van der Waals surface area contributed by atoms with Gasteiger partial charge in [0.15, 0.2) is 0 Å². The Labute approximate surface area is 87.0 Å². The van der Waals surface area contributed by atoms with Crippen molar-refractivity contribution in [2.75, 3.05) is 11.9 Å². The van der Waals surface area contributed by atoms with Crippen molar-refractivity contribution in [3.8, 4) is 0 Å². The van der Waals surface area contributed by atoms with E-state index in [0.717, 1.165) is 0 Å². The summed E-state index contributed by atoms with van der Waals surface area (Å²) < 4.78 is 0. The van der Waals surface area contributed by atoms with Gasteiger partial charge in [-0.25, -0.2) is 4.79 Å². The number of halogens is 1. The maximum absolute atomic E-state index is 10.6. The fraction of sp³-hybridized carbons (Fsp3) is 0.100. The van der Waals surface area contributed by atoms with E-state index < -0.39 is 5.97 Å². The third-order valence-corrected chi connectivity index (χ3v) is 1.73. The average molecular weight is 212 g/mol. The predicted octanol–water partition coefficient (Wildman–Crippen LogP) is 2.55. The number of hydrogen-bond acceptors (Lipinski definition) is 2. The topological polar surface area (TPSA) is 49.3 Å². The van der Waals surface area contributed by atoms with Gasteiger partial charge in [0.1, 0.15) is 0 Å². The molecular formula is C10H10ClNO2. The molecule has 0 aromatic heterocycles. The van der Waals surface area contributed by atoms with Crippen LogP contribution in [0.15, 0.2) is 35.9 Å². The van der Waals surface area contributed by atoms with Gasteiger partial charge in [-0.1, -0.05) is 24.2 Å². The average Bonchev–Trinajstić information content (AvgIpc) is 2.15. The van der Waals surface area contributed by atoms with Crippen LogP contribution >= 0.6 is 11.6 Å². The molecule has 0 fully saturated rings. The minimum absolute atomic E-state index is 0.246. The number of aromatic carboxylic acids is 1. The highest BCUT2D eigenvalue weighted by atomic mass is 35.5. The Bertz CT molecular complexity index is 363. The highest BCUT2D eigenvalue weighted by molar-refractivity contribution is 6.29. The standard InChI is InChI=1S/C10H10ClNO2/c1-7(11)6-12-9-4-2-3-8(5-9)10(13)14/h2-5,12H,1,6H2,(H,13,14). The summed E-state index contributed by atoms with van der Waals surface area (Å²) in [6, 6.07) is 6.51. The minimum atomic E-state index is -0.946. The molecule has 1 rings (SSSR count). The zero-order valence-electron chi connectivity index (χ0n) is 7.46. The number of rotatable bonds is 4. The van der Waals surface area contributed by atoms with E-state index in [0.29, 0.717) is 17.3 Å². The van der Waals surface area contributed by atoms with E-state index in [2.05, 4.69) is 11.9 Å². The van der Waals surface area contributed by atoms with Gasteiger partial charge >= 0.3 is 5.97 Å². The van der Waals surface area contributed by atoms with Crippen LogP contribution in [0.4, 0.5) is 5.69 Å². The summed E-state index contributed by atoms with van der Waals surface area (Å²) in [6.45, 7) is 3.94. The van der Waals surface area contributed by atoms with Gasteiger partial charge in [-0.15, -0.1) is 0 Å². The summed E-state index contributed by atoms with van der Waals surface area (Å²) in [5, 5.41) is 12.1. The number of hydrogen-bond donors (Lipinski definition) is 2. The molecule has 0 atom stereocenters. The minimum Gasteiger partial charge on any atom is -0.478 e. The van der Waals surface area contributed by atoms with Crippen LogP contribution in [0, 0.1) is 0 Å². The van der Waals surface area contributed by atoms with Gasteiger partial charge in [-0.3, -0.25) is 0 Å². The molecule has 1 aromatic carbocycles. The molecular weight excluding hydrogens is 202 g/mol. The first kappa shape index (κ1) is 10.6. The number of anilines is 1. The zero-order valence-corrected chi connectivity index (χ0v) is 8.21. The summed E-state index contributed by atoms with van der Waals surface area (Å²) in [5.74, 6) is -0.946. The Morgan fingerprint density at radius 3 is 2.86 bits per heavy atom. The molecule has 0 aliphatic heterocycles. The third-order valence-electron chi connectivity index (χ3n) is 1.59.